The predicted molar refractivity (Wildman–Crippen MR) is 88.3 cm³/mol. The van der Waals surface area contributed by atoms with Gasteiger partial charge in [-0.25, -0.2) is 0 Å². The van der Waals surface area contributed by atoms with Crippen LogP contribution in [0.15, 0.2) is 18.2 Å². The number of hydrogen-bond acceptors (Lipinski definition) is 2. The van der Waals surface area contributed by atoms with Crippen LogP contribution < -0.4 is 10.2 Å². The number of nitrogens with zero attached hydrogens (tertiary/aromatic N) is 1. The molecule has 2 heteroatoms. The van der Waals surface area contributed by atoms with Crippen LogP contribution in [0.4, 0.5) is 5.69 Å². The first-order valence-electron chi connectivity index (χ1n) is 8.17. The van der Waals surface area contributed by atoms with Crippen molar-refractivity contribution in [2.24, 2.45) is 11.8 Å². The summed E-state index contributed by atoms with van der Waals surface area (Å²) in [5.41, 5.74) is 4.27. The summed E-state index contributed by atoms with van der Waals surface area (Å²) in [6.45, 7) is 13.6. The highest BCUT2D eigenvalue weighted by Gasteiger charge is 2.26. The molecule has 0 aromatic heterocycles. The Kier molecular flexibility index (Phi) is 5.47. The van der Waals surface area contributed by atoms with Gasteiger partial charge in [0.05, 0.1) is 0 Å². The van der Waals surface area contributed by atoms with Gasteiger partial charge in [-0.05, 0) is 49.8 Å². The summed E-state index contributed by atoms with van der Waals surface area (Å²) in [5, 5.41) is 3.55. The quantitative estimate of drug-likeness (QED) is 0.789. The largest absolute Gasteiger partial charge is 0.371 e. The summed E-state index contributed by atoms with van der Waals surface area (Å²) >= 11 is 0. The van der Waals surface area contributed by atoms with E-state index in [1.54, 1.807) is 0 Å². The topological polar surface area (TPSA) is 15.3 Å². The maximum atomic E-state index is 3.55. The van der Waals surface area contributed by atoms with Gasteiger partial charge >= 0.3 is 0 Å². The summed E-state index contributed by atoms with van der Waals surface area (Å²) < 4.78 is 0. The molecule has 20 heavy (non-hydrogen) atoms. The van der Waals surface area contributed by atoms with Gasteiger partial charge in [0.15, 0.2) is 0 Å². The Balaban J connectivity index is 2.10. The smallest absolute Gasteiger partial charge is 0.0412 e. The molecule has 0 radical (unpaired) electrons. The lowest BCUT2D eigenvalue weighted by atomic mass is 9.95. The minimum atomic E-state index is 0.798. The molecule has 0 saturated carbocycles. The monoisotopic (exact) mass is 274 g/mol. The van der Waals surface area contributed by atoms with Crippen LogP contribution in [-0.2, 0) is 6.54 Å². The maximum Gasteiger partial charge on any atom is 0.0412 e. The van der Waals surface area contributed by atoms with E-state index in [0.717, 1.165) is 24.9 Å². The van der Waals surface area contributed by atoms with E-state index in [1.807, 2.05) is 0 Å². The number of rotatable bonds is 6. The third kappa shape index (κ3) is 3.76. The number of nitrogens with one attached hydrogen (secondary N) is 1. The van der Waals surface area contributed by atoms with Crippen molar-refractivity contribution in [1.29, 1.82) is 0 Å². The zero-order chi connectivity index (χ0) is 14.5. The van der Waals surface area contributed by atoms with E-state index in [4.69, 9.17) is 0 Å². The molecule has 1 saturated heterocycles. The van der Waals surface area contributed by atoms with Crippen LogP contribution >= 0.6 is 0 Å². The molecule has 1 unspecified atom stereocenters. The highest BCUT2D eigenvalue weighted by atomic mass is 15.2. The molecule has 0 aliphatic carbocycles. The highest BCUT2D eigenvalue weighted by molar-refractivity contribution is 5.55. The van der Waals surface area contributed by atoms with Gasteiger partial charge in [0, 0.05) is 25.3 Å². The Morgan fingerprint density at radius 3 is 2.80 bits per heavy atom. The molecule has 0 spiro atoms. The van der Waals surface area contributed by atoms with Gasteiger partial charge in [-0.15, -0.1) is 0 Å². The summed E-state index contributed by atoms with van der Waals surface area (Å²) in [7, 11) is 0. The van der Waals surface area contributed by atoms with Gasteiger partial charge in [-0.2, -0.15) is 0 Å². The number of aryl methyl sites for hydroxylation is 1. The molecule has 0 amide bonds. The normalized spacial score (nSPS) is 19.1. The van der Waals surface area contributed by atoms with E-state index in [-0.39, 0.29) is 0 Å². The highest BCUT2D eigenvalue weighted by Crippen LogP contribution is 2.31. The molecule has 1 aromatic rings. The zero-order valence-corrected chi connectivity index (χ0v) is 13.6. The Morgan fingerprint density at radius 1 is 1.35 bits per heavy atom. The van der Waals surface area contributed by atoms with Gasteiger partial charge in [-0.3, -0.25) is 0 Å². The van der Waals surface area contributed by atoms with Crippen molar-refractivity contribution in [2.45, 2.75) is 47.1 Å². The Hall–Kier alpha value is -1.02. The van der Waals surface area contributed by atoms with Crippen molar-refractivity contribution in [3.63, 3.8) is 0 Å². The third-order valence-electron chi connectivity index (χ3n) is 4.49. The van der Waals surface area contributed by atoms with E-state index in [9.17, 15) is 0 Å². The van der Waals surface area contributed by atoms with Crippen molar-refractivity contribution in [1.82, 2.24) is 5.32 Å². The van der Waals surface area contributed by atoms with Gasteiger partial charge in [0.25, 0.3) is 0 Å². The summed E-state index contributed by atoms with van der Waals surface area (Å²) in [4.78, 5) is 2.59. The predicted octanol–water partition coefficient (Wildman–Crippen LogP) is 3.98. The lowest BCUT2D eigenvalue weighted by molar-refractivity contribution is 0.422. The molecular weight excluding hydrogens is 244 g/mol. The first kappa shape index (κ1) is 15.4. The minimum absolute atomic E-state index is 0.798. The fourth-order valence-corrected chi connectivity index (χ4v) is 3.11. The van der Waals surface area contributed by atoms with Crippen molar-refractivity contribution in [3.8, 4) is 0 Å². The van der Waals surface area contributed by atoms with Crippen molar-refractivity contribution in [3.05, 3.63) is 29.3 Å². The third-order valence-corrected chi connectivity index (χ3v) is 4.49. The lowest BCUT2D eigenvalue weighted by Gasteiger charge is -2.23. The van der Waals surface area contributed by atoms with E-state index in [2.05, 4.69) is 56.1 Å². The van der Waals surface area contributed by atoms with Crippen molar-refractivity contribution in [2.75, 3.05) is 24.5 Å². The summed E-state index contributed by atoms with van der Waals surface area (Å²) in [6.07, 6.45) is 2.54. The first-order chi connectivity index (χ1) is 9.61. The molecule has 1 atom stereocenters. The Morgan fingerprint density at radius 2 is 2.15 bits per heavy atom. The summed E-state index contributed by atoms with van der Waals surface area (Å²) in [6, 6.07) is 6.92. The van der Waals surface area contributed by atoms with Crippen LogP contribution in [0.5, 0.6) is 0 Å². The van der Waals surface area contributed by atoms with Crippen LogP contribution in [0.1, 0.15) is 44.7 Å². The van der Waals surface area contributed by atoms with Gasteiger partial charge in [0.2, 0.25) is 0 Å². The first-order valence-corrected chi connectivity index (χ1v) is 8.17. The van der Waals surface area contributed by atoms with Crippen LogP contribution in [0, 0.1) is 18.8 Å². The molecule has 1 aromatic carbocycles. The number of benzene rings is 1. The maximum absolute atomic E-state index is 3.55. The molecular formula is C18H30N2. The van der Waals surface area contributed by atoms with Gasteiger partial charge in [-0.1, -0.05) is 38.5 Å². The average molecular weight is 274 g/mol. The fourth-order valence-electron chi connectivity index (χ4n) is 3.11. The molecule has 2 nitrogen and oxygen atoms in total. The molecule has 2 rings (SSSR count). The van der Waals surface area contributed by atoms with E-state index < -0.39 is 0 Å². The fraction of sp³-hybridized carbons (Fsp3) is 0.667. The number of anilines is 1. The zero-order valence-electron chi connectivity index (χ0n) is 13.6. The Bertz CT molecular complexity index is 425. The van der Waals surface area contributed by atoms with Crippen LogP contribution in [0.2, 0.25) is 0 Å². The molecule has 1 aliphatic heterocycles. The molecule has 1 N–H and O–H groups in total. The van der Waals surface area contributed by atoms with Crippen molar-refractivity contribution >= 4 is 5.69 Å². The second-order valence-corrected chi connectivity index (χ2v) is 6.55. The van der Waals surface area contributed by atoms with E-state index in [1.165, 1.54) is 42.7 Å². The second kappa shape index (κ2) is 7.12. The van der Waals surface area contributed by atoms with Gasteiger partial charge < -0.3 is 10.2 Å². The molecule has 0 bridgehead atoms. The molecule has 1 aliphatic rings. The minimum Gasteiger partial charge on any atom is -0.371 e. The number of hydrogen-bond donors (Lipinski definition) is 1. The summed E-state index contributed by atoms with van der Waals surface area (Å²) in [5.74, 6) is 1.65. The SMILES string of the molecule is CCCNCc1cc(C)ccc1N1CCC(C(C)C)C1. The van der Waals surface area contributed by atoms with Crippen LogP contribution in [0.25, 0.3) is 0 Å². The Labute approximate surface area is 124 Å². The van der Waals surface area contributed by atoms with Crippen LogP contribution in [-0.4, -0.2) is 19.6 Å². The van der Waals surface area contributed by atoms with Crippen molar-refractivity contribution < 1.29 is 0 Å². The second-order valence-electron chi connectivity index (χ2n) is 6.55. The molecule has 1 heterocycles. The average Bonchev–Trinajstić information content (AvgIpc) is 2.89. The lowest BCUT2D eigenvalue weighted by Crippen LogP contribution is -2.24. The van der Waals surface area contributed by atoms with E-state index in [0.29, 0.717) is 0 Å². The molecule has 112 valence electrons. The van der Waals surface area contributed by atoms with E-state index >= 15 is 0 Å². The van der Waals surface area contributed by atoms with Gasteiger partial charge in [0.1, 0.15) is 0 Å². The standard InChI is InChI=1S/C18H30N2/c1-5-9-19-12-17-11-15(4)6-7-18(17)20-10-8-16(13-20)14(2)3/h6-7,11,14,16,19H,5,8-10,12-13H2,1-4H3. The molecule has 1 fully saturated rings. The van der Waals surface area contributed by atoms with Crippen LogP contribution in [0.3, 0.4) is 0 Å².